The molecule has 4 rings (SSSR count). The van der Waals surface area contributed by atoms with Crippen LogP contribution in [0.3, 0.4) is 0 Å². The Bertz CT molecular complexity index is 974. The van der Waals surface area contributed by atoms with Gasteiger partial charge in [-0.05, 0) is 30.2 Å². The van der Waals surface area contributed by atoms with Crippen LogP contribution in [0.1, 0.15) is 12.0 Å². The summed E-state index contributed by atoms with van der Waals surface area (Å²) in [7, 11) is 0. The zero-order valence-electron chi connectivity index (χ0n) is 12.7. The summed E-state index contributed by atoms with van der Waals surface area (Å²) in [6, 6.07) is 7.61. The molecule has 1 saturated heterocycles. The molecule has 2 N–H and O–H groups in total. The molecular formula is C17H15FN4O2. The minimum Gasteiger partial charge on any atom is -0.383 e. The molecule has 3 heterocycles. The van der Waals surface area contributed by atoms with Gasteiger partial charge in [0.05, 0.1) is 18.3 Å². The van der Waals surface area contributed by atoms with Gasteiger partial charge < -0.3 is 15.0 Å². The number of fused-ring (bicyclic) bond motifs is 1. The van der Waals surface area contributed by atoms with Crippen molar-refractivity contribution in [1.82, 2.24) is 15.0 Å². The molecular weight excluding hydrogens is 311 g/mol. The molecule has 1 fully saturated rings. The summed E-state index contributed by atoms with van der Waals surface area (Å²) in [5, 5.41) is 11.4. The Balaban J connectivity index is 1.73. The van der Waals surface area contributed by atoms with Crippen LogP contribution in [0.4, 0.5) is 10.2 Å². The van der Waals surface area contributed by atoms with Gasteiger partial charge in [-0.2, -0.15) is 0 Å². The van der Waals surface area contributed by atoms with Gasteiger partial charge in [0.1, 0.15) is 16.9 Å². The number of hydrogen-bond donors (Lipinski definition) is 2. The SMILES string of the molecule is O=c1[nH]cnc2c(N3CCC(O)(c4cccc(F)c4)C3)nccc12. The molecule has 7 heteroatoms. The number of anilines is 1. The van der Waals surface area contributed by atoms with Gasteiger partial charge in [0.15, 0.2) is 5.82 Å². The Morgan fingerprint density at radius 2 is 2.17 bits per heavy atom. The number of benzene rings is 1. The molecule has 0 bridgehead atoms. The molecule has 0 spiro atoms. The number of aliphatic hydroxyl groups is 1. The molecule has 1 atom stereocenters. The van der Waals surface area contributed by atoms with Crippen molar-refractivity contribution in [3.8, 4) is 0 Å². The molecule has 0 radical (unpaired) electrons. The second kappa shape index (κ2) is 5.38. The summed E-state index contributed by atoms with van der Waals surface area (Å²) in [5.41, 5.74) is -0.364. The van der Waals surface area contributed by atoms with Crippen LogP contribution in [0.25, 0.3) is 10.9 Å². The molecule has 0 amide bonds. The average molecular weight is 326 g/mol. The van der Waals surface area contributed by atoms with Crippen LogP contribution in [0.15, 0.2) is 47.7 Å². The molecule has 1 unspecified atom stereocenters. The van der Waals surface area contributed by atoms with Gasteiger partial charge in [0.25, 0.3) is 5.56 Å². The topological polar surface area (TPSA) is 82.1 Å². The lowest BCUT2D eigenvalue weighted by atomic mass is 9.93. The summed E-state index contributed by atoms with van der Waals surface area (Å²) in [6.07, 6.45) is 3.33. The first-order valence-electron chi connectivity index (χ1n) is 7.63. The maximum Gasteiger partial charge on any atom is 0.258 e. The van der Waals surface area contributed by atoms with E-state index in [9.17, 15) is 14.3 Å². The number of H-pyrrole nitrogens is 1. The average Bonchev–Trinajstić information content (AvgIpc) is 2.98. The Morgan fingerprint density at radius 3 is 3.00 bits per heavy atom. The van der Waals surface area contributed by atoms with E-state index in [0.29, 0.717) is 35.2 Å². The second-order valence-corrected chi connectivity index (χ2v) is 5.98. The van der Waals surface area contributed by atoms with E-state index < -0.39 is 5.60 Å². The van der Waals surface area contributed by atoms with Crippen LogP contribution >= 0.6 is 0 Å². The lowest BCUT2D eigenvalue weighted by Crippen LogP contribution is -2.31. The number of hydrogen-bond acceptors (Lipinski definition) is 5. The van der Waals surface area contributed by atoms with Crippen LogP contribution in [0.2, 0.25) is 0 Å². The van der Waals surface area contributed by atoms with Gasteiger partial charge in [-0.25, -0.2) is 14.4 Å². The first kappa shape index (κ1) is 14.8. The highest BCUT2D eigenvalue weighted by atomic mass is 19.1. The number of nitrogens with zero attached hydrogens (tertiary/aromatic N) is 3. The molecule has 0 aliphatic carbocycles. The first-order chi connectivity index (χ1) is 11.6. The van der Waals surface area contributed by atoms with Crippen molar-refractivity contribution in [3.63, 3.8) is 0 Å². The molecule has 0 saturated carbocycles. The fourth-order valence-corrected chi connectivity index (χ4v) is 3.21. The van der Waals surface area contributed by atoms with Gasteiger partial charge in [-0.1, -0.05) is 12.1 Å². The van der Waals surface area contributed by atoms with Gasteiger partial charge >= 0.3 is 0 Å². The van der Waals surface area contributed by atoms with Crippen molar-refractivity contribution in [2.75, 3.05) is 18.0 Å². The highest BCUT2D eigenvalue weighted by Gasteiger charge is 2.39. The maximum atomic E-state index is 13.5. The van der Waals surface area contributed by atoms with Crippen molar-refractivity contribution >= 4 is 16.7 Å². The standard InChI is InChI=1S/C17H15FN4O2/c18-12-3-1-2-11(8-12)17(24)5-7-22(9-17)15-14-13(4-6-19-15)16(23)21-10-20-14/h1-4,6,8,10,24H,5,7,9H2,(H,20,21,23). The van der Waals surface area contributed by atoms with E-state index in [0.717, 1.165) is 0 Å². The van der Waals surface area contributed by atoms with E-state index in [4.69, 9.17) is 0 Å². The normalized spacial score (nSPS) is 20.7. The van der Waals surface area contributed by atoms with E-state index in [1.807, 2.05) is 4.90 Å². The van der Waals surface area contributed by atoms with Crippen molar-refractivity contribution in [2.45, 2.75) is 12.0 Å². The summed E-state index contributed by atoms with van der Waals surface area (Å²) >= 11 is 0. The monoisotopic (exact) mass is 326 g/mol. The highest BCUT2D eigenvalue weighted by Crippen LogP contribution is 2.35. The zero-order valence-corrected chi connectivity index (χ0v) is 12.7. The zero-order chi connectivity index (χ0) is 16.7. The van der Waals surface area contributed by atoms with Crippen molar-refractivity contribution in [2.24, 2.45) is 0 Å². The first-order valence-corrected chi connectivity index (χ1v) is 7.63. The molecule has 6 nitrogen and oxygen atoms in total. The summed E-state index contributed by atoms with van der Waals surface area (Å²) in [6.45, 7) is 0.796. The predicted molar refractivity (Wildman–Crippen MR) is 87.3 cm³/mol. The number of aromatic nitrogens is 3. The lowest BCUT2D eigenvalue weighted by molar-refractivity contribution is 0.0603. The Hall–Kier alpha value is -2.80. The van der Waals surface area contributed by atoms with E-state index in [-0.39, 0.29) is 17.9 Å². The van der Waals surface area contributed by atoms with Crippen LogP contribution < -0.4 is 10.5 Å². The van der Waals surface area contributed by atoms with Crippen molar-refractivity contribution < 1.29 is 9.50 Å². The number of pyridine rings is 1. The Labute approximate surface area is 136 Å². The van der Waals surface area contributed by atoms with Crippen LogP contribution in [0.5, 0.6) is 0 Å². The predicted octanol–water partition coefficient (Wildman–Crippen LogP) is 1.56. The fraction of sp³-hybridized carbons (Fsp3) is 0.235. The van der Waals surface area contributed by atoms with E-state index in [2.05, 4.69) is 15.0 Å². The minimum absolute atomic E-state index is 0.233. The Morgan fingerprint density at radius 1 is 1.29 bits per heavy atom. The summed E-state index contributed by atoms with van der Waals surface area (Å²) in [4.78, 5) is 24.9. The van der Waals surface area contributed by atoms with Gasteiger partial charge in [0, 0.05) is 12.7 Å². The minimum atomic E-state index is -1.16. The lowest BCUT2D eigenvalue weighted by Gasteiger charge is -2.24. The number of aromatic amines is 1. The van der Waals surface area contributed by atoms with Crippen molar-refractivity contribution in [1.29, 1.82) is 0 Å². The van der Waals surface area contributed by atoms with Crippen LogP contribution in [-0.2, 0) is 5.60 Å². The molecule has 1 aliphatic rings. The second-order valence-electron chi connectivity index (χ2n) is 5.98. The number of rotatable bonds is 2. The molecule has 122 valence electrons. The van der Waals surface area contributed by atoms with Gasteiger partial charge in [-0.3, -0.25) is 4.79 Å². The van der Waals surface area contributed by atoms with Gasteiger partial charge in [-0.15, -0.1) is 0 Å². The summed E-state index contributed by atoms with van der Waals surface area (Å²) in [5.74, 6) is 0.168. The quantitative estimate of drug-likeness (QED) is 0.747. The van der Waals surface area contributed by atoms with Crippen LogP contribution in [0, 0.1) is 5.82 Å². The third-order valence-corrected chi connectivity index (χ3v) is 4.45. The molecule has 1 aromatic carbocycles. The van der Waals surface area contributed by atoms with E-state index in [1.165, 1.54) is 18.5 Å². The summed E-state index contributed by atoms with van der Waals surface area (Å²) < 4.78 is 13.5. The Kier molecular flexibility index (Phi) is 3.31. The number of nitrogens with one attached hydrogen (secondary N) is 1. The maximum absolute atomic E-state index is 13.5. The number of β-amino-alcohol motifs (C(OH)–C–C–N with tert-alkyl or cyclic N) is 1. The van der Waals surface area contributed by atoms with Crippen LogP contribution in [-0.4, -0.2) is 33.1 Å². The smallest absolute Gasteiger partial charge is 0.258 e. The molecule has 1 aliphatic heterocycles. The number of halogens is 1. The van der Waals surface area contributed by atoms with Crippen molar-refractivity contribution in [3.05, 3.63) is 64.6 Å². The van der Waals surface area contributed by atoms with Gasteiger partial charge in [0.2, 0.25) is 0 Å². The van der Waals surface area contributed by atoms with E-state index in [1.54, 1.807) is 24.4 Å². The highest BCUT2D eigenvalue weighted by molar-refractivity contribution is 5.87. The molecule has 24 heavy (non-hydrogen) atoms. The third kappa shape index (κ3) is 2.33. The third-order valence-electron chi connectivity index (χ3n) is 4.45. The molecule has 2 aromatic heterocycles. The fourth-order valence-electron chi connectivity index (χ4n) is 3.21. The molecule has 3 aromatic rings. The van der Waals surface area contributed by atoms with E-state index >= 15 is 0 Å². The largest absolute Gasteiger partial charge is 0.383 e.